The molecule has 1 aromatic carbocycles. The molecule has 0 unspecified atom stereocenters. The number of carbonyl (C=O) groups is 1. The Kier molecular flexibility index (Phi) is 4.65. The van der Waals surface area contributed by atoms with Crippen LogP contribution >= 0.6 is 0 Å². The van der Waals surface area contributed by atoms with Gasteiger partial charge in [-0.05, 0) is 50.1 Å². The van der Waals surface area contributed by atoms with Crippen molar-refractivity contribution in [1.29, 1.82) is 0 Å². The molecule has 22 heavy (non-hydrogen) atoms. The molecule has 2 rings (SSSR count). The van der Waals surface area contributed by atoms with Gasteiger partial charge in [0.2, 0.25) is 0 Å². The third-order valence-corrected chi connectivity index (χ3v) is 3.79. The van der Waals surface area contributed by atoms with Crippen molar-refractivity contribution in [3.63, 3.8) is 0 Å². The summed E-state index contributed by atoms with van der Waals surface area (Å²) in [7, 11) is 1.62. The molecule has 5 nitrogen and oxygen atoms in total. The zero-order chi connectivity index (χ0) is 16.3. The first-order valence-corrected chi connectivity index (χ1v) is 7.01. The van der Waals surface area contributed by atoms with Crippen LogP contribution in [-0.4, -0.2) is 28.0 Å². The molecule has 0 fully saturated rings. The van der Waals surface area contributed by atoms with Gasteiger partial charge < -0.3 is 9.84 Å². The van der Waals surface area contributed by atoms with Crippen molar-refractivity contribution in [3.8, 4) is 5.75 Å². The second-order valence-electron chi connectivity index (χ2n) is 5.20. The highest BCUT2D eigenvalue weighted by molar-refractivity contribution is 5.85. The first-order chi connectivity index (χ1) is 10.4. The first-order valence-electron chi connectivity index (χ1n) is 7.01. The van der Waals surface area contributed by atoms with Crippen molar-refractivity contribution >= 4 is 12.0 Å². The van der Waals surface area contributed by atoms with Crippen LogP contribution in [0.15, 0.2) is 24.3 Å². The van der Waals surface area contributed by atoms with Gasteiger partial charge in [0, 0.05) is 17.3 Å². The molecule has 2 aromatic rings. The number of methoxy groups -OCH3 is 1. The van der Waals surface area contributed by atoms with Crippen molar-refractivity contribution in [1.82, 2.24) is 9.78 Å². The fourth-order valence-electron chi connectivity index (χ4n) is 2.30. The number of ether oxygens (including phenoxy) is 1. The molecule has 0 aliphatic rings. The van der Waals surface area contributed by atoms with Gasteiger partial charge in [-0.2, -0.15) is 5.10 Å². The molecule has 0 spiro atoms. The van der Waals surface area contributed by atoms with Gasteiger partial charge in [0.05, 0.1) is 19.3 Å². The smallest absolute Gasteiger partial charge is 0.328 e. The van der Waals surface area contributed by atoms with E-state index in [-0.39, 0.29) is 0 Å². The Bertz CT molecular complexity index is 730. The quantitative estimate of drug-likeness (QED) is 0.862. The van der Waals surface area contributed by atoms with Gasteiger partial charge in [-0.1, -0.05) is 6.07 Å². The van der Waals surface area contributed by atoms with Gasteiger partial charge in [-0.3, -0.25) is 4.68 Å². The molecule has 0 radical (unpaired) electrons. The number of carboxylic acids is 1. The van der Waals surface area contributed by atoms with Crippen LogP contribution in [0.25, 0.3) is 6.08 Å². The SMILES string of the molecule is COc1ccc(C=CC(=O)O)cc1Cn1nc(C)c(C)c1C. The van der Waals surface area contributed by atoms with E-state index < -0.39 is 5.97 Å². The summed E-state index contributed by atoms with van der Waals surface area (Å²) in [6.45, 7) is 6.66. The predicted octanol–water partition coefficient (Wildman–Crippen LogP) is 2.96. The zero-order valence-corrected chi connectivity index (χ0v) is 13.3. The van der Waals surface area contributed by atoms with Gasteiger partial charge in [-0.25, -0.2) is 4.79 Å². The molecule has 0 amide bonds. The number of hydrogen-bond acceptors (Lipinski definition) is 3. The summed E-state index contributed by atoms with van der Waals surface area (Å²) in [5.41, 5.74) is 5.09. The average molecular weight is 300 g/mol. The normalized spacial score (nSPS) is 11.1. The monoisotopic (exact) mass is 300 g/mol. The van der Waals surface area contributed by atoms with E-state index in [2.05, 4.69) is 12.0 Å². The largest absolute Gasteiger partial charge is 0.496 e. The highest BCUT2D eigenvalue weighted by Gasteiger charge is 2.10. The molecule has 0 saturated carbocycles. The van der Waals surface area contributed by atoms with E-state index in [1.54, 1.807) is 13.2 Å². The van der Waals surface area contributed by atoms with Gasteiger partial charge in [-0.15, -0.1) is 0 Å². The molecule has 0 aliphatic heterocycles. The lowest BCUT2D eigenvalue weighted by Crippen LogP contribution is -2.06. The topological polar surface area (TPSA) is 64.3 Å². The molecule has 5 heteroatoms. The Hall–Kier alpha value is -2.56. The van der Waals surface area contributed by atoms with E-state index in [9.17, 15) is 4.79 Å². The van der Waals surface area contributed by atoms with Crippen LogP contribution < -0.4 is 4.74 Å². The maximum absolute atomic E-state index is 10.6. The Labute approximate surface area is 129 Å². The van der Waals surface area contributed by atoms with Crippen LogP contribution in [0.3, 0.4) is 0 Å². The highest BCUT2D eigenvalue weighted by Crippen LogP contribution is 2.23. The Balaban J connectivity index is 2.37. The number of aryl methyl sites for hydroxylation is 1. The third-order valence-electron chi connectivity index (χ3n) is 3.79. The van der Waals surface area contributed by atoms with Crippen LogP contribution in [0, 0.1) is 20.8 Å². The molecular weight excluding hydrogens is 280 g/mol. The van der Waals surface area contributed by atoms with Crippen LogP contribution in [0.4, 0.5) is 0 Å². The minimum absolute atomic E-state index is 0.582. The van der Waals surface area contributed by atoms with Crippen molar-refractivity contribution in [2.75, 3.05) is 7.11 Å². The molecular formula is C17H20N2O3. The summed E-state index contributed by atoms with van der Waals surface area (Å²) in [6, 6.07) is 5.59. The summed E-state index contributed by atoms with van der Waals surface area (Å²) in [4.78, 5) is 10.6. The predicted molar refractivity (Wildman–Crippen MR) is 85.2 cm³/mol. The van der Waals surface area contributed by atoms with Crippen LogP contribution in [0.5, 0.6) is 5.75 Å². The lowest BCUT2D eigenvalue weighted by Gasteiger charge is -2.11. The maximum Gasteiger partial charge on any atom is 0.328 e. The number of nitrogens with zero attached hydrogens (tertiary/aromatic N) is 2. The highest BCUT2D eigenvalue weighted by atomic mass is 16.5. The van der Waals surface area contributed by atoms with Gasteiger partial charge in [0.15, 0.2) is 0 Å². The van der Waals surface area contributed by atoms with Crippen molar-refractivity contribution in [2.45, 2.75) is 27.3 Å². The lowest BCUT2D eigenvalue weighted by atomic mass is 10.1. The zero-order valence-electron chi connectivity index (χ0n) is 13.3. The molecule has 116 valence electrons. The average Bonchev–Trinajstić information content (AvgIpc) is 2.72. The van der Waals surface area contributed by atoms with Crippen molar-refractivity contribution in [2.24, 2.45) is 0 Å². The molecule has 0 bridgehead atoms. The summed E-state index contributed by atoms with van der Waals surface area (Å²) in [6.07, 6.45) is 2.69. The fourth-order valence-corrected chi connectivity index (χ4v) is 2.30. The van der Waals surface area contributed by atoms with E-state index in [0.29, 0.717) is 6.54 Å². The summed E-state index contributed by atoms with van der Waals surface area (Å²) in [5.74, 6) is -0.204. The summed E-state index contributed by atoms with van der Waals surface area (Å²) >= 11 is 0. The van der Waals surface area contributed by atoms with Crippen molar-refractivity contribution in [3.05, 3.63) is 52.4 Å². The Morgan fingerprint density at radius 3 is 2.64 bits per heavy atom. The van der Waals surface area contributed by atoms with Crippen molar-refractivity contribution < 1.29 is 14.6 Å². The lowest BCUT2D eigenvalue weighted by molar-refractivity contribution is -0.131. The fraction of sp³-hybridized carbons (Fsp3) is 0.294. The summed E-state index contributed by atoms with van der Waals surface area (Å²) in [5, 5.41) is 13.3. The Morgan fingerprint density at radius 1 is 1.36 bits per heavy atom. The second kappa shape index (κ2) is 6.47. The van der Waals surface area contributed by atoms with E-state index in [0.717, 1.165) is 34.3 Å². The van der Waals surface area contributed by atoms with E-state index in [4.69, 9.17) is 9.84 Å². The molecule has 1 N–H and O–H groups in total. The number of aromatic nitrogens is 2. The standard InChI is InChI=1S/C17H20N2O3/c1-11-12(2)18-19(13(11)3)10-15-9-14(6-8-17(20)21)5-7-16(15)22-4/h5-9H,10H2,1-4H3,(H,20,21). The van der Waals surface area contributed by atoms with E-state index in [1.165, 1.54) is 5.56 Å². The molecule has 1 heterocycles. The van der Waals surface area contributed by atoms with E-state index in [1.807, 2.05) is 36.7 Å². The molecule has 0 aliphatic carbocycles. The number of hydrogen-bond donors (Lipinski definition) is 1. The Morgan fingerprint density at radius 2 is 2.09 bits per heavy atom. The minimum Gasteiger partial charge on any atom is -0.496 e. The molecule has 0 atom stereocenters. The van der Waals surface area contributed by atoms with Crippen LogP contribution in [0.2, 0.25) is 0 Å². The van der Waals surface area contributed by atoms with Crippen LogP contribution in [0.1, 0.15) is 28.1 Å². The third kappa shape index (κ3) is 3.36. The second-order valence-corrected chi connectivity index (χ2v) is 5.20. The molecule has 1 aromatic heterocycles. The summed E-state index contributed by atoms with van der Waals surface area (Å²) < 4.78 is 7.33. The first kappa shape index (κ1) is 15.8. The number of carboxylic acid groups (broad SMARTS) is 1. The van der Waals surface area contributed by atoms with E-state index >= 15 is 0 Å². The maximum atomic E-state index is 10.6. The molecule has 0 saturated heterocycles. The van der Waals surface area contributed by atoms with Gasteiger partial charge in [0.1, 0.15) is 5.75 Å². The van der Waals surface area contributed by atoms with Gasteiger partial charge >= 0.3 is 5.97 Å². The minimum atomic E-state index is -0.966. The van der Waals surface area contributed by atoms with Gasteiger partial charge in [0.25, 0.3) is 0 Å². The van der Waals surface area contributed by atoms with Crippen LogP contribution in [-0.2, 0) is 11.3 Å². The number of aliphatic carboxylic acids is 1. The number of benzene rings is 1. The number of rotatable bonds is 5.